The molecule has 3 aromatic rings. The third-order valence-electron chi connectivity index (χ3n) is 7.08. The maximum Gasteiger partial charge on any atom is 0.328 e. The number of rotatable bonds is 14. The topological polar surface area (TPSA) is 164 Å². The van der Waals surface area contributed by atoms with E-state index in [2.05, 4.69) is 44.0 Å². The van der Waals surface area contributed by atoms with Crippen LogP contribution in [0.5, 0.6) is 5.75 Å². The molecule has 0 bridgehead atoms. The lowest BCUT2D eigenvalue weighted by Crippen LogP contribution is -2.44. The summed E-state index contributed by atoms with van der Waals surface area (Å²) in [6.07, 6.45) is 2.45. The second kappa shape index (κ2) is 13.8. The normalized spacial score (nSPS) is 15.6. The SMILES string of the molecule is C=C(NCc1n(CC)c2cc(OCCCP(=O)(O)OCC)ccc2[n+]1CC1CCOCC1)c1nc(Cl)c(N)nc1N. The Bertz CT molecular complexity index is 1430. The molecule has 1 atom stereocenters. The van der Waals surface area contributed by atoms with Crippen LogP contribution in [0.15, 0.2) is 24.8 Å². The quantitative estimate of drug-likeness (QED) is 0.120. The Balaban J connectivity index is 1.59. The fourth-order valence-electron chi connectivity index (χ4n) is 5.05. The number of ether oxygens (including phenoxy) is 2. The number of hydrogen-bond acceptors (Lipinski definition) is 9. The summed E-state index contributed by atoms with van der Waals surface area (Å²) in [5.74, 6) is 2.45. The molecule has 4 rings (SSSR count). The van der Waals surface area contributed by atoms with Gasteiger partial charge in [0, 0.05) is 25.2 Å². The molecule has 0 radical (unpaired) electrons. The van der Waals surface area contributed by atoms with Crippen LogP contribution in [-0.2, 0) is 33.5 Å². The maximum atomic E-state index is 12.0. The fraction of sp³-hybridized carbons (Fsp3) is 0.519. The molecule has 0 aliphatic carbocycles. The summed E-state index contributed by atoms with van der Waals surface area (Å²) in [5.41, 5.74) is 14.7. The van der Waals surface area contributed by atoms with E-state index in [9.17, 15) is 9.46 Å². The monoisotopic (exact) mass is 608 g/mol. The molecule has 14 heteroatoms. The molecule has 2 aromatic heterocycles. The fourth-order valence-corrected chi connectivity index (χ4v) is 6.24. The standard InChI is InChI=1S/C27H39ClN7O5P/c1-4-34-22-15-20(39-11-6-14-41(36,37)40-5-2)7-8-21(22)35(17-19-9-12-38-13-10-19)23(34)16-31-18(3)24-26(29)33-27(30)25(28)32-24/h7-8,15,19,31H,3-6,9-14,16-17H2,1-2H3,(H4-,29,30,33,36,37)/p+1. The summed E-state index contributed by atoms with van der Waals surface area (Å²) in [4.78, 5) is 18.1. The minimum Gasteiger partial charge on any atom is -0.493 e. The van der Waals surface area contributed by atoms with E-state index in [1.807, 2.05) is 12.1 Å². The Labute approximate surface area is 245 Å². The van der Waals surface area contributed by atoms with Gasteiger partial charge in [0.25, 0.3) is 5.82 Å². The van der Waals surface area contributed by atoms with Crippen LogP contribution >= 0.6 is 19.2 Å². The van der Waals surface area contributed by atoms with Gasteiger partial charge in [-0.1, -0.05) is 18.2 Å². The van der Waals surface area contributed by atoms with Crippen LogP contribution < -0.4 is 26.1 Å². The van der Waals surface area contributed by atoms with Crippen LogP contribution in [0.3, 0.4) is 0 Å². The highest BCUT2D eigenvalue weighted by atomic mass is 35.5. The van der Waals surface area contributed by atoms with Crippen molar-refractivity contribution >= 4 is 47.6 Å². The zero-order chi connectivity index (χ0) is 29.6. The van der Waals surface area contributed by atoms with Crippen LogP contribution in [0.25, 0.3) is 16.7 Å². The van der Waals surface area contributed by atoms with Gasteiger partial charge in [0.05, 0.1) is 38.2 Å². The Hall–Kier alpha value is -2.89. The van der Waals surface area contributed by atoms with Gasteiger partial charge in [-0.15, -0.1) is 0 Å². The van der Waals surface area contributed by atoms with Gasteiger partial charge >= 0.3 is 7.60 Å². The van der Waals surface area contributed by atoms with Crippen molar-refractivity contribution in [2.45, 2.75) is 52.7 Å². The van der Waals surface area contributed by atoms with Crippen molar-refractivity contribution in [1.29, 1.82) is 0 Å². The van der Waals surface area contributed by atoms with Crippen LogP contribution in [0.4, 0.5) is 11.6 Å². The van der Waals surface area contributed by atoms with Crippen LogP contribution in [0.1, 0.15) is 44.6 Å². The zero-order valence-electron chi connectivity index (χ0n) is 23.6. The Morgan fingerprint density at radius 3 is 2.76 bits per heavy atom. The number of aromatic nitrogens is 4. The average molecular weight is 609 g/mol. The first-order valence-corrected chi connectivity index (χ1v) is 16.0. The molecule has 1 unspecified atom stereocenters. The van der Waals surface area contributed by atoms with Crippen LogP contribution in [-0.4, -0.2) is 52.0 Å². The van der Waals surface area contributed by atoms with Gasteiger partial charge in [0.1, 0.15) is 18.0 Å². The first-order valence-electron chi connectivity index (χ1n) is 13.9. The van der Waals surface area contributed by atoms with Crippen LogP contribution in [0.2, 0.25) is 5.15 Å². The lowest BCUT2D eigenvalue weighted by atomic mass is 10.0. The summed E-state index contributed by atoms with van der Waals surface area (Å²) in [7, 11) is -3.57. The number of hydrogen-bond donors (Lipinski definition) is 4. The molecule has 0 saturated carbocycles. The molecule has 1 aliphatic heterocycles. The zero-order valence-corrected chi connectivity index (χ0v) is 25.3. The summed E-state index contributed by atoms with van der Waals surface area (Å²) >= 11 is 6.09. The molecule has 1 fully saturated rings. The molecule has 0 amide bonds. The molecule has 1 aliphatic rings. The highest BCUT2D eigenvalue weighted by molar-refractivity contribution is 7.52. The van der Waals surface area contributed by atoms with Gasteiger partial charge < -0.3 is 35.7 Å². The van der Waals surface area contributed by atoms with E-state index in [1.165, 1.54) is 0 Å². The van der Waals surface area contributed by atoms with Crippen molar-refractivity contribution in [2.75, 3.05) is 44.1 Å². The number of imidazole rings is 1. The van der Waals surface area contributed by atoms with E-state index in [0.29, 0.717) is 42.6 Å². The molecule has 1 aromatic carbocycles. The summed E-state index contributed by atoms with van der Waals surface area (Å²) < 4.78 is 33.0. The van der Waals surface area contributed by atoms with Gasteiger partial charge in [-0.25, -0.2) is 19.1 Å². The minimum atomic E-state index is -3.57. The second-order valence-corrected chi connectivity index (χ2v) is 12.3. The van der Waals surface area contributed by atoms with Crippen molar-refractivity contribution in [2.24, 2.45) is 5.92 Å². The summed E-state index contributed by atoms with van der Waals surface area (Å²) in [6.45, 7) is 12.0. The number of anilines is 2. The van der Waals surface area contributed by atoms with Gasteiger partial charge in [-0.05, 0) is 45.2 Å². The van der Waals surface area contributed by atoms with Crippen molar-refractivity contribution in [3.63, 3.8) is 0 Å². The number of nitrogens with two attached hydrogens (primary N) is 2. The molecule has 3 heterocycles. The molecule has 1 saturated heterocycles. The number of benzene rings is 1. The molecule has 6 N–H and O–H groups in total. The summed E-state index contributed by atoms with van der Waals surface area (Å²) in [6, 6.07) is 6.02. The molecule has 12 nitrogen and oxygen atoms in total. The van der Waals surface area contributed by atoms with Crippen LogP contribution in [0, 0.1) is 5.92 Å². The predicted octanol–water partition coefficient (Wildman–Crippen LogP) is 3.73. The van der Waals surface area contributed by atoms with Crippen molar-refractivity contribution < 1.29 is 28.0 Å². The predicted molar refractivity (Wildman–Crippen MR) is 160 cm³/mol. The first kappa shape index (κ1) is 31.1. The Kier molecular flexibility index (Phi) is 10.5. The van der Waals surface area contributed by atoms with Gasteiger partial charge in [-0.3, -0.25) is 4.57 Å². The smallest absolute Gasteiger partial charge is 0.328 e. The second-order valence-electron chi connectivity index (χ2n) is 9.92. The molecular formula is C27H40ClN7O5P+. The van der Waals surface area contributed by atoms with E-state index in [0.717, 1.165) is 56.0 Å². The highest BCUT2D eigenvalue weighted by Crippen LogP contribution is 2.42. The van der Waals surface area contributed by atoms with E-state index < -0.39 is 7.60 Å². The number of halogens is 1. The largest absolute Gasteiger partial charge is 0.493 e. The van der Waals surface area contributed by atoms with Crippen molar-refractivity contribution in [3.05, 3.63) is 41.4 Å². The Morgan fingerprint density at radius 1 is 1.29 bits per heavy atom. The van der Waals surface area contributed by atoms with Gasteiger partial charge in [0.15, 0.2) is 27.8 Å². The lowest BCUT2D eigenvalue weighted by Gasteiger charge is -2.21. The average Bonchev–Trinajstić information content (AvgIpc) is 3.23. The highest BCUT2D eigenvalue weighted by Gasteiger charge is 2.28. The van der Waals surface area contributed by atoms with Crippen molar-refractivity contribution in [3.8, 4) is 5.75 Å². The van der Waals surface area contributed by atoms with E-state index in [1.54, 1.807) is 6.92 Å². The third-order valence-corrected chi connectivity index (χ3v) is 8.91. The Morgan fingerprint density at radius 2 is 2.05 bits per heavy atom. The van der Waals surface area contributed by atoms with E-state index in [-0.39, 0.29) is 29.6 Å². The molecule has 224 valence electrons. The molecule has 0 spiro atoms. The number of nitrogen functional groups attached to an aromatic ring is 2. The number of nitrogens with zero attached hydrogens (tertiary/aromatic N) is 4. The van der Waals surface area contributed by atoms with E-state index >= 15 is 0 Å². The van der Waals surface area contributed by atoms with Gasteiger partial charge in [0.2, 0.25) is 0 Å². The third kappa shape index (κ3) is 7.69. The number of fused-ring (bicyclic) bond motifs is 1. The lowest BCUT2D eigenvalue weighted by molar-refractivity contribution is -0.687. The molecular weight excluding hydrogens is 569 g/mol. The van der Waals surface area contributed by atoms with E-state index in [4.69, 9.17) is 37.1 Å². The summed E-state index contributed by atoms with van der Waals surface area (Å²) in [5, 5.41) is 3.43. The first-order chi connectivity index (χ1) is 19.6. The number of aryl methyl sites for hydroxylation is 1. The van der Waals surface area contributed by atoms with Gasteiger partial charge in [-0.2, -0.15) is 0 Å². The maximum absolute atomic E-state index is 12.0. The van der Waals surface area contributed by atoms with Crippen molar-refractivity contribution in [1.82, 2.24) is 19.9 Å². The molecule has 41 heavy (non-hydrogen) atoms. The minimum absolute atomic E-state index is 0.0489. The number of nitrogens with one attached hydrogen (secondary N) is 1.